The average molecular weight is 586 g/mol. The van der Waals surface area contributed by atoms with Crippen molar-refractivity contribution in [2.24, 2.45) is 0 Å². The minimum Gasteiger partial charge on any atom is -0.456 e. The molecule has 0 radical (unpaired) electrons. The van der Waals surface area contributed by atoms with Gasteiger partial charge >= 0.3 is 0 Å². The first kappa shape index (κ1) is 24.1. The van der Waals surface area contributed by atoms with Crippen LogP contribution in [0.1, 0.15) is 0 Å². The summed E-state index contributed by atoms with van der Waals surface area (Å²) in [7, 11) is 0. The number of furan rings is 1. The van der Waals surface area contributed by atoms with Gasteiger partial charge in [0.2, 0.25) is 5.95 Å². The quantitative estimate of drug-likeness (QED) is 0.190. The lowest BCUT2D eigenvalue weighted by Gasteiger charge is -2.12. The van der Waals surface area contributed by atoms with Gasteiger partial charge in [-0.05, 0) is 63.3 Å². The number of aromatic nitrogens is 3. The second-order valence-corrected chi connectivity index (χ2v) is 12.1. The summed E-state index contributed by atoms with van der Waals surface area (Å²) in [6, 6.07) is 49.3. The molecular weight excluding hydrogens is 562 g/mol. The van der Waals surface area contributed by atoms with Gasteiger partial charge in [0.25, 0.3) is 0 Å². The molecule has 0 N–H and O–H groups in total. The van der Waals surface area contributed by atoms with Crippen molar-refractivity contribution in [1.29, 1.82) is 0 Å². The van der Waals surface area contributed by atoms with E-state index in [9.17, 15) is 0 Å². The van der Waals surface area contributed by atoms with Gasteiger partial charge in [-0.3, -0.25) is 4.57 Å². The third-order valence-electron chi connectivity index (χ3n) is 9.73. The van der Waals surface area contributed by atoms with Crippen LogP contribution in [-0.2, 0) is 0 Å². The van der Waals surface area contributed by atoms with Crippen LogP contribution in [0, 0.1) is 0 Å². The van der Waals surface area contributed by atoms with Crippen molar-refractivity contribution < 1.29 is 4.42 Å². The summed E-state index contributed by atoms with van der Waals surface area (Å²) in [5.74, 6) is 0.655. The zero-order chi connectivity index (χ0) is 29.9. The fourth-order valence-corrected chi connectivity index (χ4v) is 7.79. The predicted octanol–water partition coefficient (Wildman–Crippen LogP) is 11.2. The van der Waals surface area contributed by atoms with Crippen LogP contribution >= 0.6 is 0 Å². The minimum absolute atomic E-state index is 0.655. The molecule has 8 aromatic carbocycles. The van der Waals surface area contributed by atoms with Crippen LogP contribution in [0.25, 0.3) is 104 Å². The zero-order valence-corrected chi connectivity index (χ0v) is 24.5. The number of benzene rings is 8. The molecule has 0 aliphatic carbocycles. The SMILES string of the molecule is c1ccc2c(c1)cc1c3c2c2ccccc2c2cccc(c23)n1-c1nc(-c2ccc3c(c2)oc2ccccc23)c2ccccc2n1. The molecule has 46 heavy (non-hydrogen) atoms. The first-order valence-electron chi connectivity index (χ1n) is 15.6. The van der Waals surface area contributed by atoms with E-state index in [0.717, 1.165) is 55.1 Å². The molecule has 0 amide bonds. The summed E-state index contributed by atoms with van der Waals surface area (Å²) >= 11 is 0. The van der Waals surface area contributed by atoms with E-state index >= 15 is 0 Å². The molecule has 4 nitrogen and oxygen atoms in total. The van der Waals surface area contributed by atoms with Gasteiger partial charge < -0.3 is 4.42 Å². The van der Waals surface area contributed by atoms with Crippen molar-refractivity contribution in [3.8, 4) is 17.2 Å². The predicted molar refractivity (Wildman–Crippen MR) is 190 cm³/mol. The van der Waals surface area contributed by atoms with Gasteiger partial charge in [0.15, 0.2) is 0 Å². The number of hydrogen-bond acceptors (Lipinski definition) is 3. The van der Waals surface area contributed by atoms with Crippen LogP contribution in [0.4, 0.5) is 0 Å². The number of rotatable bonds is 2. The van der Waals surface area contributed by atoms with Gasteiger partial charge in [-0.15, -0.1) is 0 Å². The van der Waals surface area contributed by atoms with Crippen LogP contribution in [0.15, 0.2) is 144 Å². The molecule has 0 atom stereocenters. The Morgan fingerprint density at radius 1 is 0.435 bits per heavy atom. The number of para-hydroxylation sites is 2. The average Bonchev–Trinajstić information content (AvgIpc) is 3.65. The maximum atomic E-state index is 6.30. The maximum absolute atomic E-state index is 6.30. The molecule has 0 spiro atoms. The fourth-order valence-electron chi connectivity index (χ4n) is 7.79. The van der Waals surface area contributed by atoms with E-state index in [1.54, 1.807) is 0 Å². The highest BCUT2D eigenvalue weighted by atomic mass is 16.3. The maximum Gasteiger partial charge on any atom is 0.235 e. The Morgan fingerprint density at radius 3 is 2.04 bits per heavy atom. The van der Waals surface area contributed by atoms with Crippen LogP contribution in [0.5, 0.6) is 0 Å². The van der Waals surface area contributed by atoms with E-state index in [2.05, 4.69) is 126 Å². The molecule has 0 fully saturated rings. The summed E-state index contributed by atoms with van der Waals surface area (Å²) in [6.45, 7) is 0. The van der Waals surface area contributed by atoms with Crippen LogP contribution in [0.3, 0.4) is 0 Å². The Bertz CT molecular complexity index is 3030. The van der Waals surface area contributed by atoms with E-state index < -0.39 is 0 Å². The van der Waals surface area contributed by atoms with Crippen molar-refractivity contribution in [1.82, 2.24) is 14.5 Å². The van der Waals surface area contributed by atoms with Gasteiger partial charge in [-0.1, -0.05) is 103 Å². The van der Waals surface area contributed by atoms with Crippen molar-refractivity contribution in [2.45, 2.75) is 0 Å². The second-order valence-electron chi connectivity index (χ2n) is 12.1. The molecule has 11 aromatic rings. The van der Waals surface area contributed by atoms with E-state index in [1.165, 1.54) is 43.1 Å². The highest BCUT2D eigenvalue weighted by Crippen LogP contribution is 2.46. The first-order valence-corrected chi connectivity index (χ1v) is 15.6. The molecule has 0 saturated carbocycles. The highest BCUT2D eigenvalue weighted by molar-refractivity contribution is 6.39. The monoisotopic (exact) mass is 585 g/mol. The minimum atomic E-state index is 0.655. The molecule has 11 rings (SSSR count). The first-order chi connectivity index (χ1) is 22.8. The largest absolute Gasteiger partial charge is 0.456 e. The standard InChI is InChI=1S/C42H23N3O/c1-2-11-26-24(10-1)22-35-40-38(26)30-14-4-3-12-27(30)31-16-9-18-34(39(31)40)45(35)42-43-33-17-7-5-15-32(33)41(44-42)25-20-21-29-28-13-6-8-19-36(28)46-37(29)23-25/h1-23H. The Kier molecular flexibility index (Phi) is 4.55. The molecule has 212 valence electrons. The Morgan fingerprint density at radius 2 is 1.13 bits per heavy atom. The Balaban J connectivity index is 1.29. The lowest BCUT2D eigenvalue weighted by Crippen LogP contribution is -2.03. The Hall–Kier alpha value is -6.26. The molecule has 0 bridgehead atoms. The number of fused-ring (bicyclic) bond motifs is 9. The van der Waals surface area contributed by atoms with E-state index in [4.69, 9.17) is 14.4 Å². The highest BCUT2D eigenvalue weighted by Gasteiger charge is 2.23. The van der Waals surface area contributed by atoms with E-state index in [1.807, 2.05) is 18.2 Å². The molecule has 3 aromatic heterocycles. The van der Waals surface area contributed by atoms with Crippen LogP contribution in [-0.4, -0.2) is 14.5 Å². The van der Waals surface area contributed by atoms with E-state index in [-0.39, 0.29) is 0 Å². The molecule has 0 aliphatic rings. The number of nitrogens with zero attached hydrogens (tertiary/aromatic N) is 3. The van der Waals surface area contributed by atoms with Crippen LogP contribution in [0.2, 0.25) is 0 Å². The van der Waals surface area contributed by atoms with Gasteiger partial charge in [-0.2, -0.15) is 0 Å². The summed E-state index contributed by atoms with van der Waals surface area (Å²) in [6.07, 6.45) is 0. The topological polar surface area (TPSA) is 43.9 Å². The lowest BCUT2D eigenvalue weighted by atomic mass is 9.91. The van der Waals surface area contributed by atoms with Gasteiger partial charge in [0.1, 0.15) is 11.2 Å². The van der Waals surface area contributed by atoms with Crippen LogP contribution < -0.4 is 0 Å². The summed E-state index contributed by atoms with van der Waals surface area (Å²) < 4.78 is 8.57. The molecule has 0 saturated heterocycles. The van der Waals surface area contributed by atoms with Gasteiger partial charge in [0.05, 0.1) is 22.2 Å². The molecule has 4 heteroatoms. The molecule has 0 unspecified atom stereocenters. The zero-order valence-electron chi connectivity index (χ0n) is 24.5. The summed E-state index contributed by atoms with van der Waals surface area (Å²) in [5.41, 5.74) is 6.73. The summed E-state index contributed by atoms with van der Waals surface area (Å²) in [5, 5.41) is 13.2. The number of hydrogen-bond donors (Lipinski definition) is 0. The Labute approximate surface area is 262 Å². The van der Waals surface area contributed by atoms with Crippen molar-refractivity contribution in [2.75, 3.05) is 0 Å². The van der Waals surface area contributed by atoms with E-state index in [0.29, 0.717) is 5.95 Å². The lowest BCUT2D eigenvalue weighted by molar-refractivity contribution is 0.669. The summed E-state index contributed by atoms with van der Waals surface area (Å²) in [4.78, 5) is 10.6. The normalized spacial score (nSPS) is 12.3. The molecule has 3 heterocycles. The fraction of sp³-hybridized carbons (Fsp3) is 0. The third kappa shape index (κ3) is 3.07. The second kappa shape index (κ2) is 8.68. The van der Waals surface area contributed by atoms with Crippen molar-refractivity contribution >= 4 is 87.0 Å². The molecular formula is C42H23N3O. The van der Waals surface area contributed by atoms with Gasteiger partial charge in [-0.25, -0.2) is 9.97 Å². The van der Waals surface area contributed by atoms with Gasteiger partial charge in [0, 0.05) is 37.9 Å². The molecule has 0 aliphatic heterocycles. The third-order valence-corrected chi connectivity index (χ3v) is 9.73. The van der Waals surface area contributed by atoms with Crippen molar-refractivity contribution in [3.05, 3.63) is 140 Å². The smallest absolute Gasteiger partial charge is 0.235 e. The van der Waals surface area contributed by atoms with Crippen molar-refractivity contribution in [3.63, 3.8) is 0 Å².